The van der Waals surface area contributed by atoms with E-state index < -0.39 is 11.5 Å². The minimum absolute atomic E-state index is 0.0322. The molecule has 2 aromatic carbocycles. The van der Waals surface area contributed by atoms with Gasteiger partial charge in [0.2, 0.25) is 5.95 Å². The number of benzene rings is 2. The first kappa shape index (κ1) is 23.8. The molecule has 0 atom stereocenters. The minimum atomic E-state index is -0.464. The molecule has 11 nitrogen and oxygen atoms in total. The SMILES string of the molecule is Cn1cc(C(=O)Nc2cnc(Nc3ccc(Oc4ccon4)cc3)n(Cc3ccc(Cl)cc3)c2=O)cn1. The fourth-order valence-electron chi connectivity index (χ4n) is 3.44. The van der Waals surface area contributed by atoms with E-state index >= 15 is 0 Å². The molecule has 0 aliphatic heterocycles. The van der Waals surface area contributed by atoms with Crippen LogP contribution in [0.3, 0.4) is 0 Å². The molecule has 0 saturated heterocycles. The summed E-state index contributed by atoms with van der Waals surface area (Å²) in [5, 5.41) is 14.1. The number of nitrogens with zero attached hydrogens (tertiary/aromatic N) is 5. The molecule has 0 bridgehead atoms. The lowest BCUT2D eigenvalue weighted by molar-refractivity contribution is 0.102. The summed E-state index contributed by atoms with van der Waals surface area (Å²) >= 11 is 6.02. The van der Waals surface area contributed by atoms with Gasteiger partial charge < -0.3 is 19.9 Å². The van der Waals surface area contributed by atoms with Gasteiger partial charge in [0, 0.05) is 30.0 Å². The molecule has 5 aromatic rings. The summed E-state index contributed by atoms with van der Waals surface area (Å²) in [5.74, 6) is 0.709. The van der Waals surface area contributed by atoms with Crippen molar-refractivity contribution < 1.29 is 14.1 Å². The first-order valence-electron chi connectivity index (χ1n) is 11.0. The van der Waals surface area contributed by atoms with Crippen LogP contribution in [-0.2, 0) is 13.6 Å². The molecule has 0 aliphatic carbocycles. The van der Waals surface area contributed by atoms with Crippen molar-refractivity contribution in [1.29, 1.82) is 0 Å². The maximum atomic E-state index is 13.4. The molecule has 37 heavy (non-hydrogen) atoms. The number of anilines is 3. The van der Waals surface area contributed by atoms with Gasteiger partial charge in [-0.25, -0.2) is 4.98 Å². The molecule has 1 amide bonds. The Morgan fingerprint density at radius 3 is 2.54 bits per heavy atom. The van der Waals surface area contributed by atoms with Crippen molar-refractivity contribution in [2.24, 2.45) is 7.05 Å². The summed E-state index contributed by atoms with van der Waals surface area (Å²) in [4.78, 5) is 30.5. The summed E-state index contributed by atoms with van der Waals surface area (Å²) in [5.41, 5.74) is 1.40. The van der Waals surface area contributed by atoms with Crippen LogP contribution < -0.4 is 20.9 Å². The van der Waals surface area contributed by atoms with Gasteiger partial charge in [-0.3, -0.25) is 18.8 Å². The molecule has 0 aliphatic rings. The van der Waals surface area contributed by atoms with Gasteiger partial charge in [0.05, 0.1) is 24.5 Å². The molecule has 0 saturated carbocycles. The van der Waals surface area contributed by atoms with Gasteiger partial charge in [-0.05, 0) is 47.1 Å². The second-order valence-electron chi connectivity index (χ2n) is 7.96. The number of halogens is 1. The Kier molecular flexibility index (Phi) is 6.68. The van der Waals surface area contributed by atoms with Crippen molar-refractivity contribution in [2.45, 2.75) is 6.54 Å². The molecular weight excluding hydrogens is 498 g/mol. The smallest absolute Gasteiger partial charge is 0.279 e. The Morgan fingerprint density at radius 2 is 1.86 bits per heavy atom. The molecule has 3 heterocycles. The standard InChI is InChI=1S/C25H20ClN7O4/c1-32-15-17(12-28-32)23(34)30-21-13-27-25(33(24(21)35)14-16-2-4-18(26)5-3-16)29-19-6-8-20(9-7-19)37-22-10-11-36-31-22/h2-13,15H,14H2,1H3,(H,27,29)(H,30,34). The van der Waals surface area contributed by atoms with E-state index in [1.54, 1.807) is 55.7 Å². The zero-order chi connectivity index (χ0) is 25.8. The molecule has 0 unspecified atom stereocenters. The summed E-state index contributed by atoms with van der Waals surface area (Å²) in [6.07, 6.45) is 5.71. The Hall–Kier alpha value is -4.90. The summed E-state index contributed by atoms with van der Waals surface area (Å²) < 4.78 is 13.3. The third-order valence-electron chi connectivity index (χ3n) is 5.26. The van der Waals surface area contributed by atoms with Crippen LogP contribution in [0.4, 0.5) is 17.3 Å². The van der Waals surface area contributed by atoms with Gasteiger partial charge in [0.1, 0.15) is 17.7 Å². The lowest BCUT2D eigenvalue weighted by Crippen LogP contribution is -2.28. The zero-order valence-corrected chi connectivity index (χ0v) is 20.2. The molecule has 12 heteroatoms. The number of hydrogen-bond donors (Lipinski definition) is 2. The Bertz CT molecular complexity index is 1580. The molecule has 186 valence electrons. The van der Waals surface area contributed by atoms with Gasteiger partial charge in [-0.1, -0.05) is 23.7 Å². The Balaban J connectivity index is 1.42. The van der Waals surface area contributed by atoms with E-state index in [1.807, 2.05) is 12.1 Å². The van der Waals surface area contributed by atoms with E-state index in [0.717, 1.165) is 5.56 Å². The molecule has 5 rings (SSSR count). The molecular formula is C25H20ClN7O4. The van der Waals surface area contributed by atoms with Crippen LogP contribution in [0.15, 0.2) is 88.8 Å². The van der Waals surface area contributed by atoms with E-state index in [-0.39, 0.29) is 18.2 Å². The zero-order valence-electron chi connectivity index (χ0n) is 19.5. The van der Waals surface area contributed by atoms with Gasteiger partial charge >= 0.3 is 0 Å². The third-order valence-corrected chi connectivity index (χ3v) is 5.52. The van der Waals surface area contributed by atoms with Crippen LogP contribution in [0.5, 0.6) is 11.6 Å². The molecule has 0 radical (unpaired) electrons. The highest BCUT2D eigenvalue weighted by Gasteiger charge is 2.16. The minimum Gasteiger partial charge on any atom is -0.436 e. The summed E-state index contributed by atoms with van der Waals surface area (Å²) in [7, 11) is 1.70. The average molecular weight is 518 g/mol. The van der Waals surface area contributed by atoms with Crippen molar-refractivity contribution in [2.75, 3.05) is 10.6 Å². The maximum Gasteiger partial charge on any atom is 0.279 e. The molecule has 0 fully saturated rings. The third kappa shape index (κ3) is 5.68. The van der Waals surface area contributed by atoms with Crippen molar-refractivity contribution in [1.82, 2.24) is 24.5 Å². The van der Waals surface area contributed by atoms with Gasteiger partial charge in [-0.2, -0.15) is 5.10 Å². The van der Waals surface area contributed by atoms with E-state index in [1.165, 1.54) is 27.9 Å². The second-order valence-corrected chi connectivity index (χ2v) is 8.40. The van der Waals surface area contributed by atoms with Crippen molar-refractivity contribution in [3.05, 3.63) is 106 Å². The Morgan fingerprint density at radius 1 is 1.08 bits per heavy atom. The quantitative estimate of drug-likeness (QED) is 0.309. The van der Waals surface area contributed by atoms with Crippen molar-refractivity contribution in [3.63, 3.8) is 0 Å². The highest BCUT2D eigenvalue weighted by molar-refractivity contribution is 6.30. The van der Waals surface area contributed by atoms with Crippen LogP contribution in [0.25, 0.3) is 0 Å². The highest BCUT2D eigenvalue weighted by Crippen LogP contribution is 2.23. The predicted octanol–water partition coefficient (Wildman–Crippen LogP) is 4.45. The lowest BCUT2D eigenvalue weighted by atomic mass is 10.2. The number of aromatic nitrogens is 5. The van der Waals surface area contributed by atoms with Crippen LogP contribution in [0.2, 0.25) is 5.02 Å². The number of aryl methyl sites for hydroxylation is 1. The maximum absolute atomic E-state index is 13.4. The second kappa shape index (κ2) is 10.4. The molecule has 3 aromatic heterocycles. The van der Waals surface area contributed by atoms with Crippen LogP contribution >= 0.6 is 11.6 Å². The topological polar surface area (TPSA) is 129 Å². The lowest BCUT2D eigenvalue weighted by Gasteiger charge is -2.16. The summed E-state index contributed by atoms with van der Waals surface area (Å²) in [6, 6.07) is 15.7. The number of amides is 1. The summed E-state index contributed by atoms with van der Waals surface area (Å²) in [6.45, 7) is 0.190. The van der Waals surface area contributed by atoms with E-state index in [9.17, 15) is 9.59 Å². The number of carbonyl (C=O) groups is 1. The fraction of sp³-hybridized carbons (Fsp3) is 0.0800. The molecule has 0 spiro atoms. The van der Waals surface area contributed by atoms with Crippen molar-refractivity contribution >= 4 is 34.8 Å². The van der Waals surface area contributed by atoms with E-state index in [4.69, 9.17) is 20.9 Å². The first-order chi connectivity index (χ1) is 17.9. The van der Waals surface area contributed by atoms with Gasteiger partial charge in [0.15, 0.2) is 0 Å². The first-order valence-corrected chi connectivity index (χ1v) is 11.4. The van der Waals surface area contributed by atoms with E-state index in [0.29, 0.717) is 27.9 Å². The normalized spacial score (nSPS) is 10.8. The highest BCUT2D eigenvalue weighted by atomic mass is 35.5. The van der Waals surface area contributed by atoms with Crippen LogP contribution in [0.1, 0.15) is 15.9 Å². The van der Waals surface area contributed by atoms with Crippen LogP contribution in [-0.4, -0.2) is 30.4 Å². The average Bonchev–Trinajstić information content (AvgIpc) is 3.57. The van der Waals surface area contributed by atoms with Gasteiger partial charge in [0.25, 0.3) is 17.3 Å². The predicted molar refractivity (Wildman–Crippen MR) is 137 cm³/mol. The monoisotopic (exact) mass is 517 g/mol. The number of hydrogen-bond acceptors (Lipinski definition) is 8. The van der Waals surface area contributed by atoms with Gasteiger partial charge in [-0.15, -0.1) is 0 Å². The fourth-order valence-corrected chi connectivity index (χ4v) is 3.57. The number of ether oxygens (including phenoxy) is 1. The largest absolute Gasteiger partial charge is 0.436 e. The van der Waals surface area contributed by atoms with E-state index in [2.05, 4.69) is 25.9 Å². The van der Waals surface area contributed by atoms with Crippen LogP contribution in [0, 0.1) is 0 Å². The number of nitrogens with one attached hydrogen (secondary N) is 2. The number of carbonyl (C=O) groups excluding carboxylic acids is 1. The number of rotatable bonds is 8. The molecule has 2 N–H and O–H groups in total. The Labute approximate surface area is 215 Å². The van der Waals surface area contributed by atoms with Crippen molar-refractivity contribution in [3.8, 4) is 11.6 Å².